The third-order valence-electron chi connectivity index (χ3n) is 5.50. The quantitative estimate of drug-likeness (QED) is 0.557. The van der Waals surface area contributed by atoms with E-state index in [1.165, 1.54) is 17.7 Å². The van der Waals surface area contributed by atoms with Gasteiger partial charge in [0.25, 0.3) is 5.91 Å². The number of pyridine rings is 1. The highest BCUT2D eigenvalue weighted by Gasteiger charge is 2.20. The van der Waals surface area contributed by atoms with Crippen molar-refractivity contribution in [2.24, 2.45) is 0 Å². The molecule has 4 rings (SSSR count). The number of para-hydroxylation sites is 2. The van der Waals surface area contributed by atoms with Crippen molar-refractivity contribution in [1.29, 1.82) is 0 Å². The third kappa shape index (κ3) is 5.48. The first kappa shape index (κ1) is 21.5. The van der Waals surface area contributed by atoms with E-state index >= 15 is 0 Å². The molecule has 0 saturated carbocycles. The molecule has 1 amide bonds. The maximum Gasteiger partial charge on any atom is 0.256 e. The molecule has 0 unspecified atom stereocenters. The first-order valence-corrected chi connectivity index (χ1v) is 11.1. The Morgan fingerprint density at radius 3 is 2.55 bits per heavy atom. The summed E-state index contributed by atoms with van der Waals surface area (Å²) in [7, 11) is 0. The second-order valence-corrected chi connectivity index (χ2v) is 8.38. The van der Waals surface area contributed by atoms with E-state index in [0.29, 0.717) is 4.47 Å². The standard InChI is InChI=1S/C24H24BrFN4O/c25-21-6-5-19(26)17-20(21)24(31)28-22-3-1-2-4-23(22)30-15-13-29(14-16-30)12-9-18-7-10-27-11-8-18/h1-8,10-11,17H,9,12-16H2,(H,28,31). The number of anilines is 2. The average molecular weight is 483 g/mol. The minimum absolute atomic E-state index is 0.274. The summed E-state index contributed by atoms with van der Waals surface area (Å²) < 4.78 is 14.2. The summed E-state index contributed by atoms with van der Waals surface area (Å²) in [6, 6.07) is 16.0. The highest BCUT2D eigenvalue weighted by Crippen LogP contribution is 2.28. The maximum atomic E-state index is 13.6. The average Bonchev–Trinajstić information content (AvgIpc) is 2.81. The molecular formula is C24H24BrFN4O. The molecule has 1 aromatic heterocycles. The molecule has 0 bridgehead atoms. The van der Waals surface area contributed by atoms with Gasteiger partial charge in [0.1, 0.15) is 5.82 Å². The summed E-state index contributed by atoms with van der Waals surface area (Å²) >= 11 is 3.33. The zero-order valence-corrected chi connectivity index (χ0v) is 18.7. The topological polar surface area (TPSA) is 48.5 Å². The van der Waals surface area contributed by atoms with Crippen molar-refractivity contribution in [2.75, 3.05) is 42.9 Å². The Morgan fingerprint density at radius 1 is 1.03 bits per heavy atom. The van der Waals surface area contributed by atoms with E-state index in [-0.39, 0.29) is 11.5 Å². The van der Waals surface area contributed by atoms with Crippen LogP contribution in [0.25, 0.3) is 0 Å². The summed E-state index contributed by atoms with van der Waals surface area (Å²) in [5.74, 6) is -0.778. The number of carbonyl (C=O) groups is 1. The number of nitrogens with one attached hydrogen (secondary N) is 1. The molecule has 1 N–H and O–H groups in total. The molecule has 0 spiro atoms. The number of hydrogen-bond donors (Lipinski definition) is 1. The molecule has 7 heteroatoms. The Kier molecular flexibility index (Phi) is 6.94. The molecule has 2 heterocycles. The molecule has 1 fully saturated rings. The first-order chi connectivity index (χ1) is 15.1. The monoisotopic (exact) mass is 482 g/mol. The Hall–Kier alpha value is -2.77. The van der Waals surface area contributed by atoms with Crippen molar-refractivity contribution in [2.45, 2.75) is 6.42 Å². The predicted molar refractivity (Wildman–Crippen MR) is 125 cm³/mol. The van der Waals surface area contributed by atoms with Crippen LogP contribution in [0.4, 0.5) is 15.8 Å². The van der Waals surface area contributed by atoms with E-state index in [4.69, 9.17) is 0 Å². The van der Waals surface area contributed by atoms with E-state index in [1.54, 1.807) is 6.07 Å². The number of aromatic nitrogens is 1. The maximum absolute atomic E-state index is 13.6. The summed E-state index contributed by atoms with van der Waals surface area (Å²) in [6.07, 6.45) is 4.68. The fourth-order valence-electron chi connectivity index (χ4n) is 3.77. The zero-order valence-electron chi connectivity index (χ0n) is 17.1. The van der Waals surface area contributed by atoms with E-state index < -0.39 is 5.82 Å². The highest BCUT2D eigenvalue weighted by atomic mass is 79.9. The van der Waals surface area contributed by atoms with Gasteiger partial charge in [-0.1, -0.05) is 12.1 Å². The van der Waals surface area contributed by atoms with Crippen LogP contribution >= 0.6 is 15.9 Å². The van der Waals surface area contributed by atoms with Crippen molar-refractivity contribution >= 4 is 33.2 Å². The fraction of sp³-hybridized carbons (Fsp3) is 0.250. The van der Waals surface area contributed by atoms with Crippen LogP contribution in [0, 0.1) is 5.82 Å². The lowest BCUT2D eigenvalue weighted by molar-refractivity contribution is 0.102. The van der Waals surface area contributed by atoms with Gasteiger partial charge in [-0.15, -0.1) is 0 Å². The Bertz CT molecular complexity index is 1040. The van der Waals surface area contributed by atoms with Gasteiger partial charge in [0.15, 0.2) is 0 Å². The Labute approximate surface area is 190 Å². The van der Waals surface area contributed by atoms with Crippen LogP contribution in [0.3, 0.4) is 0 Å². The van der Waals surface area contributed by atoms with Crippen LogP contribution in [0.2, 0.25) is 0 Å². The Morgan fingerprint density at radius 2 is 1.77 bits per heavy atom. The van der Waals surface area contributed by atoms with Gasteiger partial charge in [0.05, 0.1) is 16.9 Å². The Balaban J connectivity index is 1.39. The summed E-state index contributed by atoms with van der Waals surface area (Å²) in [5.41, 5.74) is 3.29. The van der Waals surface area contributed by atoms with E-state index in [0.717, 1.165) is 50.5 Å². The molecule has 1 aliphatic heterocycles. The van der Waals surface area contributed by atoms with Crippen LogP contribution in [-0.2, 0) is 6.42 Å². The largest absolute Gasteiger partial charge is 0.367 e. The molecule has 2 aromatic carbocycles. The van der Waals surface area contributed by atoms with Crippen LogP contribution in [0.5, 0.6) is 0 Å². The van der Waals surface area contributed by atoms with Crippen molar-refractivity contribution in [3.05, 3.63) is 88.4 Å². The lowest BCUT2D eigenvalue weighted by atomic mass is 10.1. The molecule has 3 aromatic rings. The van der Waals surface area contributed by atoms with Gasteiger partial charge in [-0.3, -0.25) is 14.7 Å². The number of amides is 1. The molecule has 1 aliphatic rings. The van der Waals surface area contributed by atoms with Gasteiger partial charge in [-0.2, -0.15) is 0 Å². The fourth-order valence-corrected chi connectivity index (χ4v) is 4.19. The van der Waals surface area contributed by atoms with Crippen molar-refractivity contribution in [3.8, 4) is 0 Å². The van der Waals surface area contributed by atoms with Crippen LogP contribution in [0.1, 0.15) is 15.9 Å². The molecule has 160 valence electrons. The van der Waals surface area contributed by atoms with Crippen LogP contribution in [0.15, 0.2) is 71.5 Å². The SMILES string of the molecule is O=C(Nc1ccccc1N1CCN(CCc2ccncc2)CC1)c1cc(F)ccc1Br. The third-order valence-corrected chi connectivity index (χ3v) is 6.20. The first-order valence-electron chi connectivity index (χ1n) is 10.3. The van der Waals surface area contributed by atoms with Crippen molar-refractivity contribution in [3.63, 3.8) is 0 Å². The summed E-state index contributed by atoms with van der Waals surface area (Å²) in [5, 5.41) is 2.95. The molecule has 0 radical (unpaired) electrons. The van der Waals surface area contributed by atoms with Crippen LogP contribution < -0.4 is 10.2 Å². The molecule has 1 saturated heterocycles. The molecule has 31 heavy (non-hydrogen) atoms. The predicted octanol–water partition coefficient (Wildman–Crippen LogP) is 4.60. The van der Waals surface area contributed by atoms with Gasteiger partial charge in [0, 0.05) is 49.6 Å². The summed E-state index contributed by atoms with van der Waals surface area (Å²) in [4.78, 5) is 21.6. The molecule has 0 aliphatic carbocycles. The number of halogens is 2. The van der Waals surface area contributed by atoms with Crippen molar-refractivity contribution in [1.82, 2.24) is 9.88 Å². The number of rotatable bonds is 6. The number of benzene rings is 2. The second-order valence-electron chi connectivity index (χ2n) is 7.53. The zero-order chi connectivity index (χ0) is 21.6. The van der Waals surface area contributed by atoms with Crippen LogP contribution in [-0.4, -0.2) is 48.5 Å². The molecule has 0 atom stereocenters. The van der Waals surface area contributed by atoms with E-state index in [2.05, 4.69) is 48.2 Å². The van der Waals surface area contributed by atoms with E-state index in [1.807, 2.05) is 36.7 Å². The molecular weight excluding hydrogens is 459 g/mol. The van der Waals surface area contributed by atoms with Gasteiger partial charge >= 0.3 is 0 Å². The van der Waals surface area contributed by atoms with Gasteiger partial charge in [-0.05, 0) is 70.4 Å². The second kappa shape index (κ2) is 10.0. The highest BCUT2D eigenvalue weighted by molar-refractivity contribution is 9.10. The minimum Gasteiger partial charge on any atom is -0.367 e. The van der Waals surface area contributed by atoms with Gasteiger partial charge < -0.3 is 10.2 Å². The normalized spacial score (nSPS) is 14.5. The lowest BCUT2D eigenvalue weighted by Crippen LogP contribution is -2.47. The number of carbonyl (C=O) groups excluding carboxylic acids is 1. The number of nitrogens with zero attached hydrogens (tertiary/aromatic N) is 3. The van der Waals surface area contributed by atoms with Gasteiger partial charge in [0.2, 0.25) is 0 Å². The van der Waals surface area contributed by atoms with Gasteiger partial charge in [-0.25, -0.2) is 4.39 Å². The van der Waals surface area contributed by atoms with Crippen molar-refractivity contribution < 1.29 is 9.18 Å². The minimum atomic E-state index is -0.440. The smallest absolute Gasteiger partial charge is 0.256 e. The van der Waals surface area contributed by atoms with E-state index in [9.17, 15) is 9.18 Å². The number of hydrogen-bond acceptors (Lipinski definition) is 4. The summed E-state index contributed by atoms with van der Waals surface area (Å²) in [6.45, 7) is 4.70. The number of piperazine rings is 1. The molecule has 5 nitrogen and oxygen atoms in total. The lowest BCUT2D eigenvalue weighted by Gasteiger charge is -2.37.